The highest BCUT2D eigenvalue weighted by molar-refractivity contribution is 9.10. The van der Waals surface area contributed by atoms with Crippen LogP contribution >= 0.6 is 28.1 Å². The first-order valence-electron chi connectivity index (χ1n) is 4.89. The highest BCUT2D eigenvalue weighted by Crippen LogP contribution is 2.21. The Hall–Kier alpha value is -0.940. The number of aryl methyl sites for hydroxylation is 1. The molecule has 0 bridgehead atoms. The third-order valence-electron chi connectivity index (χ3n) is 2.06. The van der Waals surface area contributed by atoms with E-state index in [0.717, 1.165) is 22.1 Å². The van der Waals surface area contributed by atoms with Gasteiger partial charge in [-0.1, -0.05) is 35.1 Å². The minimum Gasteiger partial charge on any atom is -0.393 e. The second kappa shape index (κ2) is 5.96. The Morgan fingerprint density at radius 1 is 1.56 bits per heavy atom. The minimum absolute atomic E-state index is 0.0779. The molecule has 0 aromatic heterocycles. The van der Waals surface area contributed by atoms with Gasteiger partial charge in [-0.3, -0.25) is 4.79 Å². The lowest BCUT2D eigenvalue weighted by atomic mass is 10.1. The van der Waals surface area contributed by atoms with Crippen LogP contribution in [0.4, 0.5) is 5.69 Å². The van der Waals surface area contributed by atoms with Crippen LogP contribution < -0.4 is 11.1 Å². The van der Waals surface area contributed by atoms with Gasteiger partial charge in [-0.25, -0.2) is 0 Å². The van der Waals surface area contributed by atoms with Crippen LogP contribution in [0.25, 0.3) is 0 Å². The molecule has 0 unspecified atom stereocenters. The molecule has 0 radical (unpaired) electrons. The van der Waals surface area contributed by atoms with Crippen LogP contribution in [0, 0.1) is 0 Å². The summed E-state index contributed by atoms with van der Waals surface area (Å²) in [5, 5.41) is 2.79. The zero-order valence-electron chi connectivity index (χ0n) is 8.92. The standard InChI is InChI=1S/C11H13BrN2OS/c1-2-7-5-8(12)3-4-9(7)14-11(15)6-10(13)16/h3-5H,2,6H2,1H3,(H2,13,16)(H,14,15). The van der Waals surface area contributed by atoms with E-state index in [4.69, 9.17) is 5.73 Å². The third-order valence-corrected chi connectivity index (χ3v) is 2.69. The average molecular weight is 301 g/mol. The Labute approximate surface area is 109 Å². The van der Waals surface area contributed by atoms with Crippen molar-refractivity contribution in [3.05, 3.63) is 28.2 Å². The molecule has 0 fully saturated rings. The van der Waals surface area contributed by atoms with Crippen molar-refractivity contribution in [3.8, 4) is 0 Å². The molecule has 0 atom stereocenters. The molecular formula is C11H13BrN2OS. The number of thiocarbonyl (C=S) groups is 1. The van der Waals surface area contributed by atoms with Gasteiger partial charge in [0.2, 0.25) is 5.91 Å². The second-order valence-corrected chi connectivity index (χ2v) is 4.79. The van der Waals surface area contributed by atoms with Crippen molar-refractivity contribution >= 4 is 44.7 Å². The first kappa shape index (κ1) is 13.1. The first-order chi connectivity index (χ1) is 7.52. The summed E-state index contributed by atoms with van der Waals surface area (Å²) in [5.41, 5.74) is 7.19. The number of nitrogens with two attached hydrogens (primary N) is 1. The molecule has 1 rings (SSSR count). The van der Waals surface area contributed by atoms with Gasteiger partial charge in [0.05, 0.1) is 11.4 Å². The molecule has 0 aliphatic carbocycles. The lowest BCUT2D eigenvalue weighted by Gasteiger charge is -2.09. The van der Waals surface area contributed by atoms with Crippen LogP contribution in [0.1, 0.15) is 18.9 Å². The van der Waals surface area contributed by atoms with Gasteiger partial charge in [-0.15, -0.1) is 0 Å². The van der Waals surface area contributed by atoms with E-state index in [9.17, 15) is 4.79 Å². The Bertz CT molecular complexity index is 420. The van der Waals surface area contributed by atoms with Crippen molar-refractivity contribution in [1.82, 2.24) is 0 Å². The molecule has 0 aliphatic rings. The van der Waals surface area contributed by atoms with Crippen molar-refractivity contribution in [2.24, 2.45) is 5.73 Å². The highest BCUT2D eigenvalue weighted by Gasteiger charge is 2.07. The van der Waals surface area contributed by atoms with E-state index < -0.39 is 0 Å². The molecule has 5 heteroatoms. The summed E-state index contributed by atoms with van der Waals surface area (Å²) >= 11 is 8.07. The maximum atomic E-state index is 11.5. The number of carbonyl (C=O) groups excluding carboxylic acids is 1. The quantitative estimate of drug-likeness (QED) is 0.841. The Morgan fingerprint density at radius 3 is 2.81 bits per heavy atom. The summed E-state index contributed by atoms with van der Waals surface area (Å²) in [5.74, 6) is -0.176. The topological polar surface area (TPSA) is 55.1 Å². The fraction of sp³-hybridized carbons (Fsp3) is 0.273. The third kappa shape index (κ3) is 3.90. The molecule has 3 nitrogen and oxygen atoms in total. The largest absolute Gasteiger partial charge is 0.393 e. The normalized spacial score (nSPS) is 9.88. The fourth-order valence-corrected chi connectivity index (χ4v) is 1.87. The summed E-state index contributed by atoms with van der Waals surface area (Å²) in [6, 6.07) is 5.73. The van der Waals surface area contributed by atoms with Gasteiger partial charge >= 0.3 is 0 Å². The summed E-state index contributed by atoms with van der Waals surface area (Å²) in [6.45, 7) is 2.03. The van der Waals surface area contributed by atoms with Crippen LogP contribution in [0.3, 0.4) is 0 Å². The van der Waals surface area contributed by atoms with Gasteiger partial charge in [0, 0.05) is 10.2 Å². The average Bonchev–Trinajstić information content (AvgIpc) is 2.19. The predicted octanol–water partition coefficient (Wildman–Crippen LogP) is 2.63. The Morgan fingerprint density at radius 2 is 2.25 bits per heavy atom. The Balaban J connectivity index is 2.80. The molecule has 86 valence electrons. The van der Waals surface area contributed by atoms with Gasteiger partial charge in [0.15, 0.2) is 0 Å². The molecule has 0 heterocycles. The van der Waals surface area contributed by atoms with Crippen molar-refractivity contribution in [1.29, 1.82) is 0 Å². The summed E-state index contributed by atoms with van der Waals surface area (Å²) in [6.07, 6.45) is 0.927. The highest BCUT2D eigenvalue weighted by atomic mass is 79.9. The molecule has 0 aliphatic heterocycles. The van der Waals surface area contributed by atoms with E-state index in [1.54, 1.807) is 0 Å². The van der Waals surface area contributed by atoms with Gasteiger partial charge < -0.3 is 11.1 Å². The summed E-state index contributed by atoms with van der Waals surface area (Å²) in [4.78, 5) is 11.7. The second-order valence-electron chi connectivity index (χ2n) is 3.35. The number of amides is 1. The molecular weight excluding hydrogens is 288 g/mol. The molecule has 0 spiro atoms. The molecule has 1 amide bonds. The van der Waals surface area contributed by atoms with Crippen molar-refractivity contribution < 1.29 is 4.79 Å². The summed E-state index contributed by atoms with van der Waals surface area (Å²) in [7, 11) is 0. The van der Waals surface area contributed by atoms with E-state index in [2.05, 4.69) is 33.5 Å². The van der Waals surface area contributed by atoms with Crippen LogP contribution in [0.2, 0.25) is 0 Å². The Kier molecular flexibility index (Phi) is 4.89. The zero-order chi connectivity index (χ0) is 12.1. The van der Waals surface area contributed by atoms with Crippen LogP contribution in [-0.4, -0.2) is 10.9 Å². The van der Waals surface area contributed by atoms with Crippen molar-refractivity contribution in [2.45, 2.75) is 19.8 Å². The van der Waals surface area contributed by atoms with E-state index in [-0.39, 0.29) is 17.3 Å². The van der Waals surface area contributed by atoms with Crippen molar-refractivity contribution in [3.63, 3.8) is 0 Å². The number of hydrogen-bond acceptors (Lipinski definition) is 2. The number of hydrogen-bond donors (Lipinski definition) is 2. The monoisotopic (exact) mass is 300 g/mol. The van der Waals surface area contributed by atoms with Crippen molar-refractivity contribution in [2.75, 3.05) is 5.32 Å². The number of rotatable bonds is 4. The number of benzene rings is 1. The minimum atomic E-state index is -0.176. The maximum Gasteiger partial charge on any atom is 0.231 e. The first-order valence-corrected chi connectivity index (χ1v) is 6.09. The van der Waals surface area contributed by atoms with Gasteiger partial charge in [0.25, 0.3) is 0 Å². The maximum absolute atomic E-state index is 11.5. The number of carbonyl (C=O) groups is 1. The molecule has 0 saturated carbocycles. The molecule has 3 N–H and O–H groups in total. The van der Waals surface area contributed by atoms with Crippen LogP contribution in [-0.2, 0) is 11.2 Å². The lowest BCUT2D eigenvalue weighted by molar-refractivity contribution is -0.115. The number of nitrogens with one attached hydrogen (secondary N) is 1. The zero-order valence-corrected chi connectivity index (χ0v) is 11.3. The van der Waals surface area contributed by atoms with Gasteiger partial charge in [-0.2, -0.15) is 0 Å². The molecule has 0 saturated heterocycles. The van der Waals surface area contributed by atoms with Gasteiger partial charge in [-0.05, 0) is 30.2 Å². The van der Waals surface area contributed by atoms with E-state index in [1.807, 2.05) is 25.1 Å². The van der Waals surface area contributed by atoms with Crippen LogP contribution in [0.15, 0.2) is 22.7 Å². The number of anilines is 1. The summed E-state index contributed by atoms with van der Waals surface area (Å²) < 4.78 is 0.997. The fourth-order valence-electron chi connectivity index (χ4n) is 1.33. The van der Waals surface area contributed by atoms with E-state index in [1.165, 1.54) is 0 Å². The van der Waals surface area contributed by atoms with E-state index >= 15 is 0 Å². The lowest BCUT2D eigenvalue weighted by Crippen LogP contribution is -2.20. The SMILES string of the molecule is CCc1cc(Br)ccc1NC(=O)CC(N)=S. The van der Waals surface area contributed by atoms with Gasteiger partial charge in [0.1, 0.15) is 0 Å². The number of halogens is 1. The molecule has 16 heavy (non-hydrogen) atoms. The smallest absolute Gasteiger partial charge is 0.231 e. The van der Waals surface area contributed by atoms with E-state index in [0.29, 0.717) is 0 Å². The molecule has 1 aromatic rings. The molecule has 1 aromatic carbocycles. The predicted molar refractivity (Wildman–Crippen MR) is 73.6 cm³/mol. The van der Waals surface area contributed by atoms with Crippen LogP contribution in [0.5, 0.6) is 0 Å².